The van der Waals surface area contributed by atoms with Crippen LogP contribution in [-0.2, 0) is 0 Å². The Balaban J connectivity index is 2.19. The number of carbonyl (C=O) groups excluding carboxylic acids is 1. The Kier molecular flexibility index (Phi) is 5.16. The Morgan fingerprint density at radius 3 is 2.50 bits per heavy atom. The molecule has 0 aromatic heterocycles. The zero-order chi connectivity index (χ0) is 15.9. The van der Waals surface area contributed by atoms with Gasteiger partial charge in [0.1, 0.15) is 5.75 Å². The summed E-state index contributed by atoms with van der Waals surface area (Å²) in [6.45, 7) is 2.01. The first-order valence-corrected chi connectivity index (χ1v) is 7.13. The number of nitrogens with zero attached hydrogens (tertiary/aromatic N) is 1. The van der Waals surface area contributed by atoms with Crippen LogP contribution in [0.5, 0.6) is 5.75 Å². The van der Waals surface area contributed by atoms with Gasteiger partial charge < -0.3 is 10.1 Å². The van der Waals surface area contributed by atoms with E-state index in [-0.39, 0.29) is 11.9 Å². The summed E-state index contributed by atoms with van der Waals surface area (Å²) in [6.07, 6.45) is 0.752. The maximum Gasteiger partial charge on any atom is 0.251 e. The van der Waals surface area contributed by atoms with Gasteiger partial charge in [-0.1, -0.05) is 25.1 Å². The predicted molar refractivity (Wildman–Crippen MR) is 84.6 cm³/mol. The number of amides is 1. The van der Waals surface area contributed by atoms with Crippen molar-refractivity contribution in [2.24, 2.45) is 0 Å². The van der Waals surface area contributed by atoms with E-state index in [1.807, 2.05) is 37.3 Å². The van der Waals surface area contributed by atoms with E-state index < -0.39 is 0 Å². The van der Waals surface area contributed by atoms with Crippen LogP contribution in [0.15, 0.2) is 48.5 Å². The molecule has 0 saturated heterocycles. The monoisotopic (exact) mass is 294 g/mol. The molecule has 0 aliphatic carbocycles. The quantitative estimate of drug-likeness (QED) is 0.918. The summed E-state index contributed by atoms with van der Waals surface area (Å²) in [5.41, 5.74) is 2.02. The van der Waals surface area contributed by atoms with Crippen molar-refractivity contribution in [1.29, 1.82) is 5.26 Å². The third kappa shape index (κ3) is 3.44. The molecule has 4 heteroatoms. The Hall–Kier alpha value is -2.80. The molecule has 0 fully saturated rings. The van der Waals surface area contributed by atoms with Crippen molar-refractivity contribution in [2.45, 2.75) is 19.4 Å². The molecule has 1 atom stereocenters. The molecule has 0 saturated carbocycles. The largest absolute Gasteiger partial charge is 0.496 e. The molecule has 0 aliphatic rings. The van der Waals surface area contributed by atoms with Crippen LogP contribution in [0, 0.1) is 11.3 Å². The van der Waals surface area contributed by atoms with Crippen LogP contribution in [0.4, 0.5) is 0 Å². The summed E-state index contributed by atoms with van der Waals surface area (Å²) in [6, 6.07) is 16.2. The molecule has 0 radical (unpaired) electrons. The van der Waals surface area contributed by atoms with Crippen LogP contribution < -0.4 is 10.1 Å². The second-order valence-corrected chi connectivity index (χ2v) is 4.87. The molecule has 4 nitrogen and oxygen atoms in total. The van der Waals surface area contributed by atoms with Crippen LogP contribution in [-0.4, -0.2) is 13.0 Å². The van der Waals surface area contributed by atoms with Crippen molar-refractivity contribution in [1.82, 2.24) is 5.32 Å². The molecular weight excluding hydrogens is 276 g/mol. The van der Waals surface area contributed by atoms with Gasteiger partial charge in [-0.2, -0.15) is 5.26 Å². The second-order valence-electron chi connectivity index (χ2n) is 4.87. The van der Waals surface area contributed by atoms with Gasteiger partial charge in [0.05, 0.1) is 24.8 Å². The van der Waals surface area contributed by atoms with Gasteiger partial charge in [0.2, 0.25) is 0 Å². The molecule has 0 heterocycles. The number of ether oxygens (including phenoxy) is 1. The third-order valence-corrected chi connectivity index (χ3v) is 3.50. The van der Waals surface area contributed by atoms with Gasteiger partial charge >= 0.3 is 0 Å². The normalized spacial score (nSPS) is 11.3. The first-order chi connectivity index (χ1) is 10.7. The summed E-state index contributed by atoms with van der Waals surface area (Å²) in [5.74, 6) is 0.594. The molecular formula is C18H18N2O2. The first kappa shape index (κ1) is 15.6. The van der Waals surface area contributed by atoms with Crippen LogP contribution in [0.1, 0.15) is 40.9 Å². The smallest absolute Gasteiger partial charge is 0.251 e. The number of carbonyl (C=O) groups is 1. The summed E-state index contributed by atoms with van der Waals surface area (Å²) < 4.78 is 5.36. The van der Waals surface area contributed by atoms with Crippen LogP contribution in [0.2, 0.25) is 0 Å². The van der Waals surface area contributed by atoms with Gasteiger partial charge in [0.15, 0.2) is 0 Å². The van der Waals surface area contributed by atoms with Gasteiger partial charge in [-0.3, -0.25) is 4.79 Å². The molecule has 2 aromatic rings. The lowest BCUT2D eigenvalue weighted by atomic mass is 10.0. The van der Waals surface area contributed by atoms with E-state index in [0.29, 0.717) is 11.1 Å². The summed E-state index contributed by atoms with van der Waals surface area (Å²) in [4.78, 5) is 12.4. The molecule has 2 rings (SSSR count). The summed E-state index contributed by atoms with van der Waals surface area (Å²) in [7, 11) is 1.62. The number of hydrogen-bond donors (Lipinski definition) is 1. The van der Waals surface area contributed by atoms with E-state index in [2.05, 4.69) is 5.32 Å². The van der Waals surface area contributed by atoms with Gasteiger partial charge in [-0.25, -0.2) is 0 Å². The number of nitriles is 1. The number of methoxy groups -OCH3 is 1. The molecule has 1 amide bonds. The first-order valence-electron chi connectivity index (χ1n) is 7.13. The Labute approximate surface area is 130 Å². The van der Waals surface area contributed by atoms with E-state index in [0.717, 1.165) is 17.7 Å². The SMILES string of the molecule is CCC(NC(=O)c1ccc(C#N)cc1)c1ccccc1OC. The van der Waals surface area contributed by atoms with Gasteiger partial charge in [0.25, 0.3) is 5.91 Å². The average Bonchev–Trinajstić information content (AvgIpc) is 2.59. The molecule has 1 N–H and O–H groups in total. The zero-order valence-corrected chi connectivity index (χ0v) is 12.7. The van der Waals surface area contributed by atoms with Crippen molar-refractivity contribution in [3.63, 3.8) is 0 Å². The fourth-order valence-corrected chi connectivity index (χ4v) is 2.29. The molecule has 112 valence electrons. The minimum Gasteiger partial charge on any atom is -0.496 e. The highest BCUT2D eigenvalue weighted by Crippen LogP contribution is 2.27. The number of nitrogens with one attached hydrogen (secondary N) is 1. The lowest BCUT2D eigenvalue weighted by molar-refractivity contribution is 0.0935. The summed E-state index contributed by atoms with van der Waals surface area (Å²) in [5, 5.41) is 11.8. The van der Waals surface area contributed by atoms with E-state index in [1.54, 1.807) is 31.4 Å². The van der Waals surface area contributed by atoms with Gasteiger partial charge in [0, 0.05) is 11.1 Å². The van der Waals surface area contributed by atoms with E-state index in [1.165, 1.54) is 0 Å². The van der Waals surface area contributed by atoms with E-state index in [4.69, 9.17) is 10.00 Å². The highest BCUT2D eigenvalue weighted by Gasteiger charge is 2.17. The maximum atomic E-state index is 12.4. The Morgan fingerprint density at radius 1 is 1.23 bits per heavy atom. The Morgan fingerprint density at radius 2 is 1.91 bits per heavy atom. The van der Waals surface area contributed by atoms with E-state index >= 15 is 0 Å². The number of benzene rings is 2. The van der Waals surface area contributed by atoms with Gasteiger partial charge in [-0.15, -0.1) is 0 Å². The van der Waals surface area contributed by atoms with Gasteiger partial charge in [-0.05, 0) is 36.8 Å². The van der Waals surface area contributed by atoms with E-state index in [9.17, 15) is 4.79 Å². The number of rotatable bonds is 5. The predicted octanol–water partition coefficient (Wildman–Crippen LogP) is 3.45. The van der Waals surface area contributed by atoms with Crippen molar-refractivity contribution in [3.8, 4) is 11.8 Å². The molecule has 0 bridgehead atoms. The zero-order valence-electron chi connectivity index (χ0n) is 12.7. The average molecular weight is 294 g/mol. The fraction of sp³-hybridized carbons (Fsp3) is 0.222. The minimum absolute atomic E-state index is 0.126. The highest BCUT2D eigenvalue weighted by molar-refractivity contribution is 5.94. The minimum atomic E-state index is -0.165. The molecule has 0 spiro atoms. The standard InChI is InChI=1S/C18H18N2O2/c1-3-16(15-6-4-5-7-17(15)22-2)20-18(21)14-10-8-13(12-19)9-11-14/h4-11,16H,3H2,1-2H3,(H,20,21). The second kappa shape index (κ2) is 7.28. The van der Waals surface area contributed by atoms with Crippen LogP contribution in [0.25, 0.3) is 0 Å². The third-order valence-electron chi connectivity index (χ3n) is 3.50. The van der Waals surface area contributed by atoms with Crippen molar-refractivity contribution in [2.75, 3.05) is 7.11 Å². The van der Waals surface area contributed by atoms with Crippen molar-refractivity contribution < 1.29 is 9.53 Å². The lowest BCUT2D eigenvalue weighted by Crippen LogP contribution is -2.28. The summed E-state index contributed by atoms with van der Waals surface area (Å²) >= 11 is 0. The lowest BCUT2D eigenvalue weighted by Gasteiger charge is -2.20. The molecule has 1 unspecified atom stereocenters. The molecule has 2 aromatic carbocycles. The Bertz CT molecular complexity index is 687. The highest BCUT2D eigenvalue weighted by atomic mass is 16.5. The fourth-order valence-electron chi connectivity index (χ4n) is 2.29. The maximum absolute atomic E-state index is 12.4. The van der Waals surface area contributed by atoms with Crippen LogP contribution >= 0.6 is 0 Å². The number of para-hydroxylation sites is 1. The molecule has 0 aliphatic heterocycles. The molecule has 22 heavy (non-hydrogen) atoms. The topological polar surface area (TPSA) is 62.1 Å². The van der Waals surface area contributed by atoms with Crippen molar-refractivity contribution in [3.05, 3.63) is 65.2 Å². The van der Waals surface area contributed by atoms with Crippen LogP contribution in [0.3, 0.4) is 0 Å². The van der Waals surface area contributed by atoms with Crippen molar-refractivity contribution >= 4 is 5.91 Å². The number of hydrogen-bond acceptors (Lipinski definition) is 3.